The fourth-order valence-electron chi connectivity index (χ4n) is 2.13. The van der Waals surface area contributed by atoms with Crippen LogP contribution in [0.5, 0.6) is 0 Å². The van der Waals surface area contributed by atoms with Gasteiger partial charge < -0.3 is 15.8 Å². The lowest BCUT2D eigenvalue weighted by Gasteiger charge is -2.19. The maximum atomic E-state index is 13.6. The molecule has 1 aromatic heterocycles. The summed E-state index contributed by atoms with van der Waals surface area (Å²) in [5.74, 6) is -1.31. The van der Waals surface area contributed by atoms with Crippen LogP contribution >= 0.6 is 0 Å². The zero-order valence-corrected chi connectivity index (χ0v) is 17.3. The molecule has 1 rings (SSSR count). The predicted octanol–water partition coefficient (Wildman–Crippen LogP) is 3.25. The smallest absolute Gasteiger partial charge is 0.412 e. The zero-order valence-electron chi connectivity index (χ0n) is 17.3. The highest BCUT2D eigenvalue weighted by Crippen LogP contribution is 2.22. The Morgan fingerprint density at radius 3 is 2.67 bits per heavy atom. The number of nitrogens with one attached hydrogen (secondary N) is 1. The second-order valence-electron chi connectivity index (χ2n) is 5.75. The first-order chi connectivity index (χ1) is 14.1. The lowest BCUT2D eigenvalue weighted by Crippen LogP contribution is -2.29. The third-order valence-corrected chi connectivity index (χ3v) is 3.53. The van der Waals surface area contributed by atoms with E-state index in [1.807, 2.05) is 0 Å². The van der Waals surface area contributed by atoms with E-state index in [9.17, 15) is 13.6 Å². The van der Waals surface area contributed by atoms with Crippen LogP contribution in [0, 0.1) is 0 Å². The average molecular weight is 421 g/mol. The molecule has 8 nitrogen and oxygen atoms in total. The van der Waals surface area contributed by atoms with Crippen molar-refractivity contribution in [3.63, 3.8) is 0 Å². The predicted molar refractivity (Wildman–Crippen MR) is 111 cm³/mol. The van der Waals surface area contributed by atoms with Crippen LogP contribution in [0.15, 0.2) is 69.6 Å². The molecule has 0 spiro atoms. The summed E-state index contributed by atoms with van der Waals surface area (Å²) in [7, 11) is 0. The van der Waals surface area contributed by atoms with Gasteiger partial charge in [-0.2, -0.15) is 0 Å². The van der Waals surface area contributed by atoms with Crippen molar-refractivity contribution in [2.75, 3.05) is 6.61 Å². The van der Waals surface area contributed by atoms with Gasteiger partial charge in [0, 0.05) is 23.7 Å². The Morgan fingerprint density at radius 1 is 1.43 bits per heavy atom. The summed E-state index contributed by atoms with van der Waals surface area (Å²) in [4.78, 5) is 24.6. The number of allylic oxidation sites excluding steroid dienone is 3. The topological polar surface area (TPSA) is 111 Å². The average Bonchev–Trinajstić information content (AvgIpc) is 2.70. The number of aromatic nitrogens is 1. The van der Waals surface area contributed by atoms with Gasteiger partial charge in [-0.1, -0.05) is 12.1 Å². The Morgan fingerprint density at radius 2 is 2.13 bits per heavy atom. The van der Waals surface area contributed by atoms with Gasteiger partial charge in [0.1, 0.15) is 5.76 Å². The van der Waals surface area contributed by atoms with Crippen molar-refractivity contribution >= 4 is 18.3 Å². The summed E-state index contributed by atoms with van der Waals surface area (Å²) < 4.78 is 36.0. The first-order valence-corrected chi connectivity index (χ1v) is 8.93. The Balaban J connectivity index is 3.26. The van der Waals surface area contributed by atoms with E-state index in [0.717, 1.165) is 0 Å². The Kier molecular flexibility index (Phi) is 9.50. The van der Waals surface area contributed by atoms with Crippen LogP contribution < -0.4 is 11.1 Å². The highest BCUT2D eigenvalue weighted by molar-refractivity contribution is 6.04. The van der Waals surface area contributed by atoms with Gasteiger partial charge in [-0.15, -0.1) is 8.78 Å². The summed E-state index contributed by atoms with van der Waals surface area (Å²) in [5, 5.41) is 2.45. The van der Waals surface area contributed by atoms with Crippen LogP contribution in [0.3, 0.4) is 0 Å². The number of aliphatic imine (C=N–C) groups is 2. The molecule has 0 saturated heterocycles. The van der Waals surface area contributed by atoms with E-state index in [4.69, 9.17) is 5.73 Å². The molecule has 162 valence electrons. The van der Waals surface area contributed by atoms with Crippen molar-refractivity contribution in [3.05, 3.63) is 65.2 Å². The molecular weight excluding hydrogens is 396 g/mol. The molecular formula is C20H25F2N5O3. The number of alkyl halides is 2. The molecule has 1 amide bonds. The number of ether oxygens (including phenoxy) is 2. The van der Waals surface area contributed by atoms with Crippen molar-refractivity contribution in [1.29, 1.82) is 0 Å². The fourth-order valence-corrected chi connectivity index (χ4v) is 2.13. The summed E-state index contributed by atoms with van der Waals surface area (Å²) in [6.07, 6.45) is 2.21. The number of hydrogen-bond acceptors (Lipinski definition) is 7. The van der Waals surface area contributed by atoms with Gasteiger partial charge in [0.25, 0.3) is 5.91 Å². The highest BCUT2D eigenvalue weighted by Gasteiger charge is 2.34. The number of rotatable bonds is 10. The number of nitrogens with two attached hydrogens (primary N) is 1. The van der Waals surface area contributed by atoms with Crippen LogP contribution in [-0.2, 0) is 14.3 Å². The largest absolute Gasteiger partial charge is 0.535 e. The van der Waals surface area contributed by atoms with E-state index in [-0.39, 0.29) is 29.6 Å². The summed E-state index contributed by atoms with van der Waals surface area (Å²) in [6, 6.07) is 3.46. The van der Waals surface area contributed by atoms with E-state index < -0.39 is 12.2 Å². The highest BCUT2D eigenvalue weighted by atomic mass is 19.3. The monoisotopic (exact) mass is 421 g/mol. The van der Waals surface area contributed by atoms with Gasteiger partial charge in [0.15, 0.2) is 11.5 Å². The van der Waals surface area contributed by atoms with E-state index in [1.165, 1.54) is 26.0 Å². The number of amides is 1. The summed E-state index contributed by atoms with van der Waals surface area (Å²) in [6.45, 7) is 8.99. The molecule has 0 aliphatic carbocycles. The summed E-state index contributed by atoms with van der Waals surface area (Å²) >= 11 is 0. The minimum absolute atomic E-state index is 0.0366. The van der Waals surface area contributed by atoms with Crippen LogP contribution in [0.2, 0.25) is 0 Å². The van der Waals surface area contributed by atoms with Gasteiger partial charge in [-0.05, 0) is 46.6 Å². The molecule has 0 fully saturated rings. The Hall–Kier alpha value is -3.40. The minimum Gasteiger partial charge on any atom is -0.412 e. The maximum absolute atomic E-state index is 13.6. The quantitative estimate of drug-likeness (QED) is 0.198. The van der Waals surface area contributed by atoms with E-state index >= 15 is 0 Å². The third-order valence-electron chi connectivity index (χ3n) is 3.53. The standard InChI is InChI=1S/C20H25F2N5O3/c1-6-9-16(14(4)30-20(21,22)29-7-2)27-19(28)17(18(23)24-5)26-13(3)15-10-8-11-25-12-15/h6,8-12H,5,7,23H2,1-4H3,(H,27,28)/b9-6-,16-14-,18-17-,26-13+. The molecule has 0 radical (unpaired) electrons. The minimum atomic E-state index is -3.86. The molecule has 0 aromatic carbocycles. The van der Waals surface area contributed by atoms with E-state index in [2.05, 4.69) is 36.5 Å². The molecule has 0 aliphatic rings. The first-order valence-electron chi connectivity index (χ1n) is 8.93. The van der Waals surface area contributed by atoms with Crippen molar-refractivity contribution in [2.45, 2.75) is 34.0 Å². The zero-order chi connectivity index (χ0) is 22.7. The van der Waals surface area contributed by atoms with Gasteiger partial charge in [-0.3, -0.25) is 14.5 Å². The third kappa shape index (κ3) is 7.55. The van der Waals surface area contributed by atoms with Crippen LogP contribution in [-0.4, -0.2) is 36.2 Å². The van der Waals surface area contributed by atoms with Crippen molar-refractivity contribution in [2.24, 2.45) is 15.7 Å². The lowest BCUT2D eigenvalue weighted by molar-refractivity contribution is -0.376. The van der Waals surface area contributed by atoms with Gasteiger partial charge in [0.05, 0.1) is 12.3 Å². The first kappa shape index (κ1) is 24.6. The lowest BCUT2D eigenvalue weighted by atomic mass is 10.2. The second kappa shape index (κ2) is 11.6. The molecule has 0 saturated carbocycles. The number of pyridine rings is 1. The molecule has 0 unspecified atom stereocenters. The molecule has 3 N–H and O–H groups in total. The van der Waals surface area contributed by atoms with Gasteiger partial charge >= 0.3 is 6.29 Å². The normalized spacial score (nSPS) is 14.1. The van der Waals surface area contributed by atoms with E-state index in [0.29, 0.717) is 11.3 Å². The van der Waals surface area contributed by atoms with Crippen LogP contribution in [0.25, 0.3) is 0 Å². The Bertz CT molecular complexity index is 878. The van der Waals surface area contributed by atoms with Gasteiger partial charge in [-0.25, -0.2) is 9.98 Å². The maximum Gasteiger partial charge on any atom is 0.535 e. The molecule has 0 atom stereocenters. The summed E-state index contributed by atoms with van der Waals surface area (Å²) in [5.41, 5.74) is 6.57. The molecule has 1 aromatic rings. The number of halogens is 2. The Labute approximate surface area is 173 Å². The number of carbonyl (C=O) groups excluding carboxylic acids is 1. The SMILES string of the molecule is C=N/C(N)=C(\N=C(/C)c1cccnc1)C(=O)NC(/C=C\C)=C(/C)OC(F)(F)OCC. The van der Waals surface area contributed by atoms with E-state index in [1.54, 1.807) is 38.4 Å². The molecule has 0 bridgehead atoms. The van der Waals surface area contributed by atoms with Crippen molar-refractivity contribution < 1.29 is 23.0 Å². The number of hydrogen-bond donors (Lipinski definition) is 2. The van der Waals surface area contributed by atoms with Crippen molar-refractivity contribution in [3.8, 4) is 0 Å². The number of carbonyl (C=O) groups is 1. The second-order valence-corrected chi connectivity index (χ2v) is 5.75. The molecule has 0 aliphatic heterocycles. The van der Waals surface area contributed by atoms with Crippen molar-refractivity contribution in [1.82, 2.24) is 10.3 Å². The molecule has 10 heteroatoms. The fraction of sp³-hybridized carbons (Fsp3) is 0.300. The van der Waals surface area contributed by atoms with Crippen LogP contribution in [0.1, 0.15) is 33.3 Å². The van der Waals surface area contributed by atoms with Gasteiger partial charge in [0.2, 0.25) is 0 Å². The molecule has 30 heavy (non-hydrogen) atoms. The number of nitrogens with zero attached hydrogens (tertiary/aromatic N) is 3. The van der Waals surface area contributed by atoms with Crippen LogP contribution in [0.4, 0.5) is 8.78 Å². The molecule has 1 heterocycles.